The summed E-state index contributed by atoms with van der Waals surface area (Å²) in [5.74, 6) is -1.12. The lowest BCUT2D eigenvalue weighted by molar-refractivity contribution is -0.384. The van der Waals surface area contributed by atoms with Gasteiger partial charge in [0.2, 0.25) is 5.88 Å². The van der Waals surface area contributed by atoms with Crippen molar-refractivity contribution in [2.45, 2.75) is 6.92 Å². The first-order valence-electron chi connectivity index (χ1n) is 7.18. The third kappa shape index (κ3) is 3.41. The van der Waals surface area contributed by atoms with Crippen LogP contribution in [0.2, 0.25) is 0 Å². The average molecular weight is 355 g/mol. The Hall–Kier alpha value is -4.00. The van der Waals surface area contributed by atoms with Gasteiger partial charge in [0, 0.05) is 24.7 Å². The molecule has 2 N–H and O–H groups in total. The first-order chi connectivity index (χ1) is 12.3. The molecule has 0 spiro atoms. The molecule has 10 nitrogen and oxygen atoms in total. The second-order valence-corrected chi connectivity index (χ2v) is 5.22. The van der Waals surface area contributed by atoms with E-state index in [0.29, 0.717) is 0 Å². The van der Waals surface area contributed by atoms with Crippen LogP contribution in [-0.2, 0) is 7.05 Å². The molecule has 2 rings (SSSR count). The summed E-state index contributed by atoms with van der Waals surface area (Å²) in [5, 5.41) is 33.5. The minimum absolute atomic E-state index is 0.0236. The van der Waals surface area contributed by atoms with Crippen LogP contribution >= 0.6 is 0 Å². The van der Waals surface area contributed by atoms with E-state index < -0.39 is 22.3 Å². The Morgan fingerprint density at radius 3 is 2.81 bits per heavy atom. The second kappa shape index (κ2) is 7.27. The molecule has 132 valence electrons. The summed E-state index contributed by atoms with van der Waals surface area (Å²) >= 11 is 0. The first-order valence-corrected chi connectivity index (χ1v) is 7.18. The highest BCUT2D eigenvalue weighted by atomic mass is 16.6. The number of benzene rings is 1. The van der Waals surface area contributed by atoms with Gasteiger partial charge in [-0.2, -0.15) is 10.4 Å². The number of nitriles is 1. The molecule has 1 aromatic carbocycles. The maximum atomic E-state index is 12.0. The van der Waals surface area contributed by atoms with Crippen molar-refractivity contribution in [3.63, 3.8) is 0 Å². The lowest BCUT2D eigenvalue weighted by Crippen LogP contribution is -2.23. The number of non-ortho nitro benzene ring substituents is 1. The smallest absolute Gasteiger partial charge is 0.271 e. The molecule has 2 aromatic rings. The zero-order valence-corrected chi connectivity index (χ0v) is 13.8. The van der Waals surface area contributed by atoms with E-state index in [1.165, 1.54) is 32.2 Å². The number of aromatic nitrogens is 1. The highest BCUT2D eigenvalue weighted by Gasteiger charge is 2.16. The Bertz CT molecular complexity index is 1030. The van der Waals surface area contributed by atoms with Crippen LogP contribution < -0.4 is 11.0 Å². The third-order valence-electron chi connectivity index (χ3n) is 3.65. The average Bonchev–Trinajstić information content (AvgIpc) is 2.63. The van der Waals surface area contributed by atoms with Gasteiger partial charge >= 0.3 is 0 Å². The molecule has 26 heavy (non-hydrogen) atoms. The van der Waals surface area contributed by atoms with Crippen LogP contribution in [0.25, 0.3) is 0 Å². The Morgan fingerprint density at radius 1 is 1.50 bits per heavy atom. The van der Waals surface area contributed by atoms with Crippen LogP contribution in [0.3, 0.4) is 0 Å². The Balaban J connectivity index is 2.29. The fourth-order valence-electron chi connectivity index (χ4n) is 2.17. The van der Waals surface area contributed by atoms with Crippen molar-refractivity contribution in [2.24, 2.45) is 12.1 Å². The molecule has 10 heteroatoms. The Labute approximate surface area is 146 Å². The maximum absolute atomic E-state index is 12.0. The summed E-state index contributed by atoms with van der Waals surface area (Å²) in [4.78, 5) is 34.0. The van der Waals surface area contributed by atoms with Crippen molar-refractivity contribution in [1.29, 1.82) is 5.26 Å². The molecule has 1 heterocycles. The zero-order chi connectivity index (χ0) is 19.4. The zero-order valence-electron chi connectivity index (χ0n) is 13.8. The SMILES string of the molecule is Cc1c(C=NNC(=O)c2cccc([N+](=O)[O-])c2)c(O)n(C)c(=O)c1C#N. The van der Waals surface area contributed by atoms with Gasteiger partial charge in [-0.25, -0.2) is 5.43 Å². The number of hydrogen-bond acceptors (Lipinski definition) is 7. The van der Waals surface area contributed by atoms with E-state index in [-0.39, 0.29) is 27.9 Å². The molecule has 0 bridgehead atoms. The van der Waals surface area contributed by atoms with Crippen molar-refractivity contribution < 1.29 is 14.8 Å². The largest absolute Gasteiger partial charge is 0.494 e. The highest BCUT2D eigenvalue weighted by molar-refractivity contribution is 5.95. The van der Waals surface area contributed by atoms with Gasteiger partial charge in [-0.1, -0.05) is 6.07 Å². The number of pyridine rings is 1. The number of amides is 1. The van der Waals surface area contributed by atoms with E-state index in [2.05, 4.69) is 10.5 Å². The molecule has 1 aromatic heterocycles. The van der Waals surface area contributed by atoms with Crippen LogP contribution in [-0.4, -0.2) is 26.7 Å². The number of carbonyl (C=O) groups excluding carboxylic acids is 1. The molecule has 0 aliphatic heterocycles. The number of nitrogens with one attached hydrogen (secondary N) is 1. The molecule has 0 fully saturated rings. The first kappa shape index (κ1) is 18.3. The number of carbonyl (C=O) groups is 1. The highest BCUT2D eigenvalue weighted by Crippen LogP contribution is 2.18. The molecular formula is C16H13N5O5. The molecule has 0 saturated heterocycles. The summed E-state index contributed by atoms with van der Waals surface area (Å²) in [7, 11) is 1.29. The second-order valence-electron chi connectivity index (χ2n) is 5.22. The lowest BCUT2D eigenvalue weighted by Gasteiger charge is -2.09. The van der Waals surface area contributed by atoms with Crippen LogP contribution in [0.15, 0.2) is 34.2 Å². The number of nitro groups is 1. The number of hydrogen-bond donors (Lipinski definition) is 2. The van der Waals surface area contributed by atoms with Gasteiger partial charge in [0.15, 0.2) is 0 Å². The molecule has 0 atom stereocenters. The molecular weight excluding hydrogens is 342 g/mol. The minimum Gasteiger partial charge on any atom is -0.494 e. The number of hydrazone groups is 1. The summed E-state index contributed by atoms with van der Waals surface area (Å²) in [6.07, 6.45) is 1.08. The molecule has 0 aliphatic rings. The van der Waals surface area contributed by atoms with Gasteiger partial charge in [-0.05, 0) is 18.6 Å². The van der Waals surface area contributed by atoms with Gasteiger partial charge in [0.1, 0.15) is 11.6 Å². The quantitative estimate of drug-likeness (QED) is 0.473. The van der Waals surface area contributed by atoms with Gasteiger partial charge in [-0.15, -0.1) is 0 Å². The van der Waals surface area contributed by atoms with Gasteiger partial charge in [0.05, 0.1) is 16.7 Å². The minimum atomic E-state index is -0.701. The van der Waals surface area contributed by atoms with Crippen molar-refractivity contribution in [1.82, 2.24) is 9.99 Å². The Morgan fingerprint density at radius 2 is 2.19 bits per heavy atom. The fraction of sp³-hybridized carbons (Fsp3) is 0.125. The summed E-state index contributed by atoms with van der Waals surface area (Å²) in [5.41, 5.74) is 1.43. The van der Waals surface area contributed by atoms with Crippen molar-refractivity contribution in [3.8, 4) is 11.9 Å². The van der Waals surface area contributed by atoms with Crippen molar-refractivity contribution in [3.05, 3.63) is 67.0 Å². The molecule has 1 amide bonds. The normalized spacial score (nSPS) is 10.5. The molecule has 0 radical (unpaired) electrons. The van der Waals surface area contributed by atoms with E-state index in [1.807, 2.05) is 0 Å². The number of rotatable bonds is 4. The monoisotopic (exact) mass is 355 g/mol. The van der Waals surface area contributed by atoms with Crippen LogP contribution in [0, 0.1) is 28.4 Å². The number of aromatic hydroxyl groups is 1. The number of nitrogens with zero attached hydrogens (tertiary/aromatic N) is 4. The van der Waals surface area contributed by atoms with Gasteiger partial charge in [0.25, 0.3) is 17.2 Å². The van der Waals surface area contributed by atoms with Gasteiger partial charge < -0.3 is 5.11 Å². The molecule has 0 unspecified atom stereocenters. The molecule has 0 aliphatic carbocycles. The van der Waals surface area contributed by atoms with Crippen LogP contribution in [0.1, 0.15) is 27.0 Å². The Kier molecular flexibility index (Phi) is 5.13. The fourth-order valence-corrected chi connectivity index (χ4v) is 2.17. The van der Waals surface area contributed by atoms with E-state index in [1.54, 1.807) is 6.07 Å². The summed E-state index contributed by atoms with van der Waals surface area (Å²) in [6, 6.07) is 6.83. The third-order valence-corrected chi connectivity index (χ3v) is 3.65. The van der Waals surface area contributed by atoms with Crippen LogP contribution in [0.5, 0.6) is 5.88 Å². The topological polar surface area (TPSA) is 151 Å². The van der Waals surface area contributed by atoms with Crippen LogP contribution in [0.4, 0.5) is 5.69 Å². The van der Waals surface area contributed by atoms with E-state index in [9.17, 15) is 24.8 Å². The van der Waals surface area contributed by atoms with E-state index in [0.717, 1.165) is 16.8 Å². The standard InChI is InChI=1S/C16H13N5O5/c1-9-12(7-17)15(23)20(2)16(24)13(9)8-18-19-14(22)10-4-3-5-11(6-10)21(25)26/h3-6,8,24H,1-2H3,(H,19,22). The predicted octanol–water partition coefficient (Wildman–Crippen LogP) is 0.943. The predicted molar refractivity (Wildman–Crippen MR) is 91.0 cm³/mol. The van der Waals surface area contributed by atoms with Crippen molar-refractivity contribution >= 4 is 17.8 Å². The summed E-state index contributed by atoms with van der Waals surface area (Å²) < 4.78 is 0.884. The number of nitro benzene ring substituents is 1. The lowest BCUT2D eigenvalue weighted by atomic mass is 10.1. The van der Waals surface area contributed by atoms with Gasteiger partial charge in [-0.3, -0.25) is 24.3 Å². The van der Waals surface area contributed by atoms with E-state index >= 15 is 0 Å². The van der Waals surface area contributed by atoms with Crippen molar-refractivity contribution in [2.75, 3.05) is 0 Å². The maximum Gasteiger partial charge on any atom is 0.271 e. The summed E-state index contributed by atoms with van der Waals surface area (Å²) in [6.45, 7) is 1.46. The van der Waals surface area contributed by atoms with E-state index in [4.69, 9.17) is 5.26 Å². The molecule has 0 saturated carbocycles.